The number of nitrogens with one attached hydrogen (secondary N) is 1. The first kappa shape index (κ1) is 16.8. The fourth-order valence-corrected chi connectivity index (χ4v) is 3.06. The van der Waals surface area contributed by atoms with Crippen LogP contribution in [0.1, 0.15) is 0 Å². The molecular weight excluding hydrogens is 367 g/mol. The molecule has 0 spiro atoms. The molecule has 5 nitrogen and oxygen atoms in total. The maximum absolute atomic E-state index is 12.1. The SMILES string of the molecule is O=C(CSc1nncn1-c1ccccc1)Nc1cc(Cl)ccc1Cl. The number of hydrogen-bond donors (Lipinski definition) is 1. The summed E-state index contributed by atoms with van der Waals surface area (Å²) in [5.41, 5.74) is 1.42. The molecule has 122 valence electrons. The summed E-state index contributed by atoms with van der Waals surface area (Å²) in [5, 5.41) is 12.3. The summed E-state index contributed by atoms with van der Waals surface area (Å²) in [7, 11) is 0. The van der Waals surface area contributed by atoms with E-state index in [1.807, 2.05) is 34.9 Å². The zero-order valence-electron chi connectivity index (χ0n) is 12.3. The van der Waals surface area contributed by atoms with Gasteiger partial charge in [0.25, 0.3) is 0 Å². The lowest BCUT2D eigenvalue weighted by Crippen LogP contribution is -2.14. The zero-order chi connectivity index (χ0) is 16.9. The topological polar surface area (TPSA) is 59.8 Å². The minimum atomic E-state index is -0.202. The number of hydrogen-bond acceptors (Lipinski definition) is 4. The van der Waals surface area contributed by atoms with Gasteiger partial charge in [-0.15, -0.1) is 10.2 Å². The number of amides is 1. The first-order chi connectivity index (χ1) is 11.6. The van der Waals surface area contributed by atoms with Gasteiger partial charge in [-0.25, -0.2) is 0 Å². The molecule has 3 rings (SSSR count). The summed E-state index contributed by atoms with van der Waals surface area (Å²) >= 11 is 13.2. The van der Waals surface area contributed by atoms with Gasteiger partial charge >= 0.3 is 0 Å². The van der Waals surface area contributed by atoms with Crippen LogP contribution in [0.4, 0.5) is 5.69 Å². The van der Waals surface area contributed by atoms with Gasteiger partial charge in [-0.2, -0.15) is 0 Å². The van der Waals surface area contributed by atoms with E-state index in [0.717, 1.165) is 5.69 Å². The Kier molecular flexibility index (Phi) is 5.40. The third-order valence-corrected chi connectivity index (χ3v) is 4.59. The molecule has 0 bridgehead atoms. The Morgan fingerprint density at radius 2 is 1.96 bits per heavy atom. The molecule has 0 atom stereocenters. The Morgan fingerprint density at radius 3 is 2.75 bits per heavy atom. The second kappa shape index (κ2) is 7.70. The van der Waals surface area contributed by atoms with Crippen molar-refractivity contribution in [2.75, 3.05) is 11.1 Å². The van der Waals surface area contributed by atoms with Gasteiger partial charge in [0, 0.05) is 10.7 Å². The molecule has 0 radical (unpaired) electrons. The van der Waals surface area contributed by atoms with Gasteiger partial charge in [-0.3, -0.25) is 9.36 Å². The van der Waals surface area contributed by atoms with Crippen LogP contribution in [0, 0.1) is 0 Å². The van der Waals surface area contributed by atoms with Crippen molar-refractivity contribution in [1.82, 2.24) is 14.8 Å². The Bertz CT molecular complexity index is 854. The van der Waals surface area contributed by atoms with Crippen LogP contribution in [0.15, 0.2) is 60.0 Å². The molecule has 0 saturated heterocycles. The van der Waals surface area contributed by atoms with Gasteiger partial charge in [-0.1, -0.05) is 53.2 Å². The first-order valence-corrected chi connectivity index (χ1v) is 8.71. The fourth-order valence-electron chi connectivity index (χ4n) is 2.00. The molecule has 0 aliphatic carbocycles. The molecule has 0 aliphatic heterocycles. The van der Waals surface area contributed by atoms with Gasteiger partial charge in [0.05, 0.1) is 16.5 Å². The highest BCUT2D eigenvalue weighted by atomic mass is 35.5. The van der Waals surface area contributed by atoms with Gasteiger partial charge in [0.15, 0.2) is 5.16 Å². The van der Waals surface area contributed by atoms with E-state index in [4.69, 9.17) is 23.2 Å². The van der Waals surface area contributed by atoms with Crippen LogP contribution in [0.5, 0.6) is 0 Å². The van der Waals surface area contributed by atoms with E-state index >= 15 is 0 Å². The maximum Gasteiger partial charge on any atom is 0.234 e. The van der Waals surface area contributed by atoms with Crippen molar-refractivity contribution < 1.29 is 4.79 Å². The average molecular weight is 379 g/mol. The summed E-state index contributed by atoms with van der Waals surface area (Å²) in [4.78, 5) is 12.1. The van der Waals surface area contributed by atoms with Crippen molar-refractivity contribution in [3.8, 4) is 5.69 Å². The van der Waals surface area contributed by atoms with Crippen molar-refractivity contribution in [2.45, 2.75) is 5.16 Å². The van der Waals surface area contributed by atoms with E-state index in [1.165, 1.54) is 11.8 Å². The van der Waals surface area contributed by atoms with Gasteiger partial charge in [0.2, 0.25) is 5.91 Å². The van der Waals surface area contributed by atoms with Gasteiger partial charge in [0.1, 0.15) is 6.33 Å². The monoisotopic (exact) mass is 378 g/mol. The van der Waals surface area contributed by atoms with Crippen molar-refractivity contribution in [3.63, 3.8) is 0 Å². The van der Waals surface area contributed by atoms with E-state index < -0.39 is 0 Å². The summed E-state index contributed by atoms with van der Waals surface area (Å²) < 4.78 is 1.82. The lowest BCUT2D eigenvalue weighted by atomic mass is 10.3. The second-order valence-electron chi connectivity index (χ2n) is 4.78. The molecule has 0 fully saturated rings. The minimum absolute atomic E-state index is 0.175. The van der Waals surface area contributed by atoms with Crippen molar-refractivity contribution in [2.24, 2.45) is 0 Å². The van der Waals surface area contributed by atoms with Crippen molar-refractivity contribution in [3.05, 3.63) is 64.9 Å². The number of para-hydroxylation sites is 1. The molecule has 1 N–H and O–H groups in total. The molecular formula is C16H12Cl2N4OS. The van der Waals surface area contributed by atoms with Gasteiger partial charge in [-0.05, 0) is 30.3 Å². The zero-order valence-corrected chi connectivity index (χ0v) is 14.6. The molecule has 1 aromatic heterocycles. The summed E-state index contributed by atoms with van der Waals surface area (Å²) in [6, 6.07) is 14.6. The summed E-state index contributed by atoms with van der Waals surface area (Å²) in [5.74, 6) is -0.0271. The van der Waals surface area contributed by atoms with E-state index in [0.29, 0.717) is 20.9 Å². The third-order valence-electron chi connectivity index (χ3n) is 3.09. The van der Waals surface area contributed by atoms with Crippen LogP contribution in [0.2, 0.25) is 10.0 Å². The normalized spacial score (nSPS) is 10.6. The molecule has 1 heterocycles. The average Bonchev–Trinajstić information content (AvgIpc) is 3.06. The number of carbonyl (C=O) groups is 1. The highest BCUT2D eigenvalue weighted by molar-refractivity contribution is 7.99. The fraction of sp³-hybridized carbons (Fsp3) is 0.0625. The highest BCUT2D eigenvalue weighted by Gasteiger charge is 2.11. The molecule has 0 aliphatic rings. The summed E-state index contributed by atoms with van der Waals surface area (Å²) in [6.07, 6.45) is 1.61. The molecule has 24 heavy (non-hydrogen) atoms. The van der Waals surface area contributed by atoms with E-state index in [9.17, 15) is 4.79 Å². The number of rotatable bonds is 5. The van der Waals surface area contributed by atoms with E-state index in [1.54, 1.807) is 24.5 Å². The number of thioether (sulfide) groups is 1. The Morgan fingerprint density at radius 1 is 1.17 bits per heavy atom. The standard InChI is InChI=1S/C16H12Cl2N4OS/c17-11-6-7-13(18)14(8-11)20-15(23)9-24-16-21-19-10-22(16)12-4-2-1-3-5-12/h1-8,10H,9H2,(H,20,23). The smallest absolute Gasteiger partial charge is 0.234 e. The van der Waals surface area contributed by atoms with Crippen molar-refractivity contribution in [1.29, 1.82) is 0 Å². The minimum Gasteiger partial charge on any atom is -0.324 e. The van der Waals surface area contributed by atoms with Crippen LogP contribution in [-0.4, -0.2) is 26.4 Å². The number of nitrogens with zero attached hydrogens (tertiary/aromatic N) is 3. The molecule has 0 unspecified atom stereocenters. The molecule has 3 aromatic rings. The number of carbonyl (C=O) groups excluding carboxylic acids is 1. The van der Waals surface area contributed by atoms with Crippen LogP contribution >= 0.6 is 35.0 Å². The number of halogens is 2. The number of aromatic nitrogens is 3. The Hall–Kier alpha value is -2.02. The molecule has 8 heteroatoms. The maximum atomic E-state index is 12.1. The molecule has 1 amide bonds. The third kappa shape index (κ3) is 4.08. The quantitative estimate of drug-likeness (QED) is 0.672. The Balaban J connectivity index is 1.65. The predicted octanol–water partition coefficient (Wildman–Crippen LogP) is 4.30. The predicted molar refractivity (Wildman–Crippen MR) is 97.2 cm³/mol. The van der Waals surface area contributed by atoms with Crippen LogP contribution < -0.4 is 5.32 Å². The number of anilines is 1. The lowest BCUT2D eigenvalue weighted by Gasteiger charge is -2.08. The second-order valence-corrected chi connectivity index (χ2v) is 6.57. The number of benzene rings is 2. The highest BCUT2D eigenvalue weighted by Crippen LogP contribution is 2.26. The van der Waals surface area contributed by atoms with Gasteiger partial charge < -0.3 is 5.32 Å². The summed E-state index contributed by atoms with van der Waals surface area (Å²) in [6.45, 7) is 0. The van der Waals surface area contributed by atoms with E-state index in [-0.39, 0.29) is 11.7 Å². The molecule has 0 saturated carbocycles. The van der Waals surface area contributed by atoms with E-state index in [2.05, 4.69) is 15.5 Å². The van der Waals surface area contributed by atoms with Crippen LogP contribution in [0.3, 0.4) is 0 Å². The molecule has 2 aromatic carbocycles. The largest absolute Gasteiger partial charge is 0.324 e. The van der Waals surface area contributed by atoms with Crippen molar-refractivity contribution >= 4 is 46.6 Å². The van der Waals surface area contributed by atoms with Crippen LogP contribution in [0.25, 0.3) is 5.69 Å². The lowest BCUT2D eigenvalue weighted by molar-refractivity contribution is -0.113. The first-order valence-electron chi connectivity index (χ1n) is 6.96. The van der Waals surface area contributed by atoms with Crippen LogP contribution in [-0.2, 0) is 4.79 Å². The Labute approximate surface area is 153 Å².